The summed E-state index contributed by atoms with van der Waals surface area (Å²) >= 11 is 6.06. The summed E-state index contributed by atoms with van der Waals surface area (Å²) < 4.78 is 31.7. The molecule has 11 heteroatoms. The molecule has 2 aromatic carbocycles. The highest BCUT2D eigenvalue weighted by atomic mass is 35.5. The zero-order valence-corrected chi connectivity index (χ0v) is 20.9. The molecule has 3 aromatic rings. The smallest absolute Gasteiger partial charge is 0.478 e. The number of halogens is 4. The maximum Gasteiger partial charge on any atom is 0.490 e. The third kappa shape index (κ3) is 6.43. The molecule has 2 aliphatic heterocycles. The van der Waals surface area contributed by atoms with E-state index in [1.165, 1.54) is 11.3 Å². The number of aliphatic carboxylic acids is 1. The van der Waals surface area contributed by atoms with Gasteiger partial charge in [-0.1, -0.05) is 23.7 Å². The standard InChI is InChI=1S/C25H24ClN3O2.C2HF3O2/c26-21-5-1-17(2-6-21)23-14-27-10-9-20(23)15-28-11-12-29-22(16-28)7-3-18-13-19(25(30)31)4-8-24(18)29;3-2(4,5)1(6)7/h1-2,4-6,8-10,13-14,22H,3,7,11-12,15-16H2,(H,30,31);(H,6,7)/t22-;/m1./s1. The van der Waals surface area contributed by atoms with Gasteiger partial charge in [0.05, 0.1) is 5.56 Å². The summed E-state index contributed by atoms with van der Waals surface area (Å²) in [5, 5.41) is 17.1. The maximum absolute atomic E-state index is 11.3. The molecule has 1 aromatic heterocycles. The quantitative estimate of drug-likeness (QED) is 0.453. The van der Waals surface area contributed by atoms with Gasteiger partial charge in [-0.15, -0.1) is 0 Å². The first kappa shape index (κ1) is 27.4. The van der Waals surface area contributed by atoms with Crippen LogP contribution in [0.1, 0.15) is 27.9 Å². The molecule has 200 valence electrons. The Morgan fingerprint density at radius 1 is 1.05 bits per heavy atom. The predicted octanol–water partition coefficient (Wildman–Crippen LogP) is 5.37. The number of carbonyl (C=O) groups is 2. The number of nitrogens with zero attached hydrogens (tertiary/aromatic N) is 3. The van der Waals surface area contributed by atoms with Crippen LogP contribution in [-0.4, -0.2) is 63.9 Å². The fourth-order valence-corrected chi connectivity index (χ4v) is 4.97. The molecule has 3 heterocycles. The highest BCUT2D eigenvalue weighted by Crippen LogP contribution is 2.34. The lowest BCUT2D eigenvalue weighted by atomic mass is 9.92. The Morgan fingerprint density at radius 2 is 1.76 bits per heavy atom. The molecule has 5 rings (SSSR count). The molecule has 1 saturated heterocycles. The Morgan fingerprint density at radius 3 is 2.42 bits per heavy atom. The molecule has 0 unspecified atom stereocenters. The van der Waals surface area contributed by atoms with Crippen LogP contribution >= 0.6 is 11.6 Å². The van der Waals surface area contributed by atoms with Crippen molar-refractivity contribution in [3.8, 4) is 11.1 Å². The first-order valence-electron chi connectivity index (χ1n) is 11.9. The average molecular weight is 548 g/mol. The number of hydrogen-bond donors (Lipinski definition) is 2. The fourth-order valence-electron chi connectivity index (χ4n) is 4.84. The van der Waals surface area contributed by atoms with Crippen molar-refractivity contribution in [1.29, 1.82) is 0 Å². The minimum absolute atomic E-state index is 0.378. The highest BCUT2D eigenvalue weighted by molar-refractivity contribution is 6.30. The fraction of sp³-hybridized carbons (Fsp3) is 0.296. The summed E-state index contributed by atoms with van der Waals surface area (Å²) in [4.78, 5) is 29.5. The summed E-state index contributed by atoms with van der Waals surface area (Å²) in [6.07, 6.45) is 0.692. The van der Waals surface area contributed by atoms with E-state index in [2.05, 4.69) is 20.9 Å². The van der Waals surface area contributed by atoms with E-state index in [0.717, 1.165) is 60.7 Å². The molecule has 2 N–H and O–H groups in total. The Balaban J connectivity index is 0.000000426. The Kier molecular flexibility index (Phi) is 8.23. The zero-order valence-electron chi connectivity index (χ0n) is 20.2. The molecule has 2 aliphatic rings. The van der Waals surface area contributed by atoms with Crippen LogP contribution in [0.3, 0.4) is 0 Å². The Bertz CT molecular complexity index is 1320. The van der Waals surface area contributed by atoms with Gasteiger partial charge >= 0.3 is 18.1 Å². The largest absolute Gasteiger partial charge is 0.490 e. The molecule has 0 spiro atoms. The number of piperazine rings is 1. The molecule has 38 heavy (non-hydrogen) atoms. The number of benzene rings is 2. The van der Waals surface area contributed by atoms with Crippen LogP contribution in [-0.2, 0) is 17.8 Å². The lowest BCUT2D eigenvalue weighted by Gasteiger charge is -2.46. The minimum Gasteiger partial charge on any atom is -0.478 e. The molecule has 0 aliphatic carbocycles. The second-order valence-corrected chi connectivity index (χ2v) is 9.55. The number of pyridine rings is 1. The number of fused-ring (bicyclic) bond motifs is 3. The van der Waals surface area contributed by atoms with Crippen LogP contribution in [0.4, 0.5) is 18.9 Å². The van der Waals surface area contributed by atoms with E-state index in [0.29, 0.717) is 11.6 Å². The van der Waals surface area contributed by atoms with Gasteiger partial charge in [0.2, 0.25) is 0 Å². The summed E-state index contributed by atoms with van der Waals surface area (Å²) in [6, 6.07) is 16.1. The molecule has 0 radical (unpaired) electrons. The zero-order chi connectivity index (χ0) is 27.4. The van der Waals surface area contributed by atoms with Crippen molar-refractivity contribution < 1.29 is 33.0 Å². The summed E-state index contributed by atoms with van der Waals surface area (Å²) in [5.41, 5.74) is 6.29. The Hall–Kier alpha value is -3.63. The van der Waals surface area contributed by atoms with Crippen LogP contribution in [0.25, 0.3) is 11.1 Å². The van der Waals surface area contributed by atoms with Crippen LogP contribution in [0.2, 0.25) is 5.02 Å². The van der Waals surface area contributed by atoms with Crippen molar-refractivity contribution in [3.63, 3.8) is 0 Å². The summed E-state index contributed by atoms with van der Waals surface area (Å²) in [7, 11) is 0. The number of aromatic carboxylic acids is 1. The van der Waals surface area contributed by atoms with Gasteiger partial charge in [0.25, 0.3) is 0 Å². The monoisotopic (exact) mass is 547 g/mol. The van der Waals surface area contributed by atoms with E-state index in [4.69, 9.17) is 21.5 Å². The lowest BCUT2D eigenvalue weighted by Crippen LogP contribution is -2.54. The second kappa shape index (κ2) is 11.4. The first-order chi connectivity index (χ1) is 18.0. The number of anilines is 1. The van der Waals surface area contributed by atoms with Crippen LogP contribution in [0.15, 0.2) is 60.9 Å². The molecule has 0 bridgehead atoms. The van der Waals surface area contributed by atoms with Gasteiger partial charge in [0, 0.05) is 60.9 Å². The predicted molar refractivity (Wildman–Crippen MR) is 137 cm³/mol. The van der Waals surface area contributed by atoms with Crippen molar-refractivity contribution in [2.75, 3.05) is 24.5 Å². The second-order valence-electron chi connectivity index (χ2n) is 9.11. The van der Waals surface area contributed by atoms with Gasteiger partial charge in [-0.05, 0) is 65.9 Å². The number of alkyl halides is 3. The van der Waals surface area contributed by atoms with E-state index >= 15 is 0 Å². The van der Waals surface area contributed by atoms with E-state index < -0.39 is 18.1 Å². The minimum atomic E-state index is -5.08. The number of carboxylic acid groups (broad SMARTS) is 2. The third-order valence-electron chi connectivity index (χ3n) is 6.65. The van der Waals surface area contributed by atoms with Gasteiger partial charge in [-0.3, -0.25) is 9.88 Å². The van der Waals surface area contributed by atoms with Gasteiger partial charge in [-0.2, -0.15) is 13.2 Å². The summed E-state index contributed by atoms with van der Waals surface area (Å²) in [5.74, 6) is -3.61. The van der Waals surface area contributed by atoms with Crippen molar-refractivity contribution in [3.05, 3.63) is 82.6 Å². The van der Waals surface area contributed by atoms with Crippen molar-refractivity contribution >= 4 is 29.2 Å². The number of hydrogen-bond acceptors (Lipinski definition) is 5. The number of aromatic nitrogens is 1. The molecule has 0 amide bonds. The van der Waals surface area contributed by atoms with Gasteiger partial charge < -0.3 is 15.1 Å². The maximum atomic E-state index is 11.3. The number of aryl methyl sites for hydroxylation is 1. The van der Waals surface area contributed by atoms with Gasteiger partial charge in [-0.25, -0.2) is 9.59 Å². The third-order valence-corrected chi connectivity index (χ3v) is 6.90. The van der Waals surface area contributed by atoms with E-state index in [1.54, 1.807) is 6.07 Å². The highest BCUT2D eigenvalue weighted by Gasteiger charge is 2.38. The van der Waals surface area contributed by atoms with Crippen molar-refractivity contribution in [2.45, 2.75) is 31.6 Å². The first-order valence-corrected chi connectivity index (χ1v) is 12.2. The summed E-state index contributed by atoms with van der Waals surface area (Å²) in [6.45, 7) is 3.81. The number of rotatable bonds is 4. The van der Waals surface area contributed by atoms with Crippen LogP contribution in [0.5, 0.6) is 0 Å². The molecular formula is C27H25ClF3N3O4. The topological polar surface area (TPSA) is 94.0 Å². The Labute approximate surface area is 222 Å². The van der Waals surface area contributed by atoms with Gasteiger partial charge in [0.1, 0.15) is 0 Å². The number of carboxylic acids is 2. The lowest BCUT2D eigenvalue weighted by molar-refractivity contribution is -0.192. The van der Waals surface area contributed by atoms with E-state index in [-0.39, 0.29) is 0 Å². The van der Waals surface area contributed by atoms with Crippen molar-refractivity contribution in [2.24, 2.45) is 0 Å². The molecule has 1 fully saturated rings. The SMILES string of the molecule is O=C(O)C(F)(F)F.O=C(O)c1ccc2c(c1)CC[C@@H]1CN(Cc3ccncc3-c3ccc(Cl)cc3)CCN21. The van der Waals surface area contributed by atoms with E-state index in [9.17, 15) is 23.1 Å². The molecule has 7 nitrogen and oxygen atoms in total. The molecular weight excluding hydrogens is 523 g/mol. The van der Waals surface area contributed by atoms with Crippen LogP contribution < -0.4 is 4.90 Å². The van der Waals surface area contributed by atoms with Gasteiger partial charge in [0.15, 0.2) is 0 Å². The normalized spacial score (nSPS) is 17.1. The van der Waals surface area contributed by atoms with Crippen LogP contribution in [0, 0.1) is 0 Å². The average Bonchev–Trinajstić information content (AvgIpc) is 2.89. The molecule has 1 atom stereocenters. The molecule has 0 saturated carbocycles. The van der Waals surface area contributed by atoms with Crippen molar-refractivity contribution in [1.82, 2.24) is 9.88 Å². The van der Waals surface area contributed by atoms with E-state index in [1.807, 2.05) is 48.8 Å².